The summed E-state index contributed by atoms with van der Waals surface area (Å²) in [6.45, 7) is 1.95. The third-order valence-corrected chi connectivity index (χ3v) is 3.75. The average Bonchev–Trinajstić information content (AvgIpc) is 2.81. The van der Waals surface area contributed by atoms with E-state index < -0.39 is 0 Å². The molecule has 1 aromatic carbocycles. The summed E-state index contributed by atoms with van der Waals surface area (Å²) in [5.41, 5.74) is 2.51. The number of halogens is 1. The molecular formula is C16H14ClN3O. The molecule has 0 fully saturated rings. The van der Waals surface area contributed by atoms with E-state index >= 15 is 0 Å². The minimum Gasteiger partial charge on any atom is -0.340 e. The van der Waals surface area contributed by atoms with E-state index in [9.17, 15) is 4.79 Å². The quantitative estimate of drug-likeness (QED) is 0.782. The molecule has 0 saturated carbocycles. The summed E-state index contributed by atoms with van der Waals surface area (Å²) in [6, 6.07) is 11.1. The lowest BCUT2D eigenvalue weighted by atomic mass is 10.2. The van der Waals surface area contributed by atoms with Crippen molar-refractivity contribution in [2.75, 3.05) is 5.32 Å². The number of nitrogens with zero attached hydrogens (tertiary/aromatic N) is 2. The summed E-state index contributed by atoms with van der Waals surface area (Å²) in [5, 5.41) is 4.29. The Morgan fingerprint density at radius 3 is 2.76 bits per heavy atom. The van der Waals surface area contributed by atoms with Gasteiger partial charge in [-0.05, 0) is 36.8 Å². The van der Waals surface area contributed by atoms with Crippen LogP contribution < -0.4 is 5.32 Å². The highest BCUT2D eigenvalue weighted by Gasteiger charge is 2.15. The molecule has 1 amide bonds. The van der Waals surface area contributed by atoms with E-state index in [1.165, 1.54) is 0 Å². The summed E-state index contributed by atoms with van der Waals surface area (Å²) >= 11 is 6.17. The largest absolute Gasteiger partial charge is 0.340 e. The first-order chi connectivity index (χ1) is 10.1. The van der Waals surface area contributed by atoms with Crippen molar-refractivity contribution < 1.29 is 4.79 Å². The van der Waals surface area contributed by atoms with Gasteiger partial charge in [0.15, 0.2) is 0 Å². The first-order valence-electron chi connectivity index (χ1n) is 6.54. The van der Waals surface area contributed by atoms with Crippen LogP contribution >= 0.6 is 11.6 Å². The molecule has 0 aliphatic carbocycles. The van der Waals surface area contributed by atoms with Gasteiger partial charge in [0.1, 0.15) is 11.5 Å². The molecule has 0 atom stereocenters. The molecule has 0 saturated heterocycles. The van der Waals surface area contributed by atoms with E-state index in [0.29, 0.717) is 16.5 Å². The zero-order chi connectivity index (χ0) is 15.0. The molecule has 4 nitrogen and oxygen atoms in total. The van der Waals surface area contributed by atoms with Crippen molar-refractivity contribution in [1.29, 1.82) is 0 Å². The monoisotopic (exact) mass is 299 g/mol. The molecule has 3 aromatic rings. The molecule has 106 valence electrons. The van der Waals surface area contributed by atoms with Crippen molar-refractivity contribution >= 4 is 34.2 Å². The summed E-state index contributed by atoms with van der Waals surface area (Å²) < 4.78 is 1.82. The Labute approximate surface area is 127 Å². The van der Waals surface area contributed by atoms with E-state index in [1.54, 1.807) is 18.3 Å². The number of pyridine rings is 1. The number of benzene rings is 1. The third-order valence-electron chi connectivity index (χ3n) is 3.42. The molecule has 5 heteroatoms. The van der Waals surface area contributed by atoms with Crippen LogP contribution in [0.3, 0.4) is 0 Å². The fourth-order valence-electron chi connectivity index (χ4n) is 2.26. The SMILES string of the molecule is Cc1ccc(NC(=O)c2cc3c(Cl)cccc3n2C)nc1. The highest BCUT2D eigenvalue weighted by molar-refractivity contribution is 6.35. The Bertz CT molecular complexity index is 821. The second kappa shape index (κ2) is 5.22. The van der Waals surface area contributed by atoms with Gasteiger partial charge in [-0.2, -0.15) is 0 Å². The van der Waals surface area contributed by atoms with Crippen molar-refractivity contribution in [1.82, 2.24) is 9.55 Å². The number of aromatic nitrogens is 2. The molecule has 0 spiro atoms. The standard InChI is InChI=1S/C16H14ClN3O/c1-10-6-7-15(18-9-10)19-16(21)14-8-11-12(17)4-3-5-13(11)20(14)2/h3-9H,1-2H3,(H,18,19,21). The van der Waals surface area contributed by atoms with Gasteiger partial charge in [-0.25, -0.2) is 4.98 Å². The van der Waals surface area contributed by atoms with Crippen LogP contribution in [0.1, 0.15) is 16.1 Å². The van der Waals surface area contributed by atoms with Crippen molar-refractivity contribution in [2.45, 2.75) is 6.92 Å². The molecule has 3 rings (SSSR count). The minimum absolute atomic E-state index is 0.207. The van der Waals surface area contributed by atoms with Gasteiger partial charge < -0.3 is 9.88 Å². The maximum Gasteiger partial charge on any atom is 0.273 e. The van der Waals surface area contributed by atoms with Crippen LogP contribution in [0.2, 0.25) is 5.02 Å². The molecule has 0 bridgehead atoms. The summed E-state index contributed by atoms with van der Waals surface area (Å²) in [6.07, 6.45) is 1.72. The first kappa shape index (κ1) is 13.6. The average molecular weight is 300 g/mol. The molecule has 0 unspecified atom stereocenters. The van der Waals surface area contributed by atoms with Crippen molar-refractivity contribution in [3.8, 4) is 0 Å². The Kier molecular flexibility index (Phi) is 3.39. The lowest BCUT2D eigenvalue weighted by molar-refractivity contribution is 0.101. The van der Waals surface area contributed by atoms with E-state index in [-0.39, 0.29) is 5.91 Å². The second-order valence-corrected chi connectivity index (χ2v) is 5.34. The van der Waals surface area contributed by atoms with Gasteiger partial charge in [0.25, 0.3) is 5.91 Å². The third kappa shape index (κ3) is 2.50. The van der Waals surface area contributed by atoms with Crippen molar-refractivity contribution in [3.63, 3.8) is 0 Å². The number of amides is 1. The molecule has 0 aliphatic heterocycles. The van der Waals surface area contributed by atoms with Gasteiger partial charge in [0.05, 0.1) is 0 Å². The number of carbonyl (C=O) groups is 1. The van der Waals surface area contributed by atoms with E-state index in [1.807, 2.05) is 42.8 Å². The fourth-order valence-corrected chi connectivity index (χ4v) is 2.49. The van der Waals surface area contributed by atoms with Crippen molar-refractivity contribution in [3.05, 3.63) is 58.9 Å². The van der Waals surface area contributed by atoms with E-state index in [0.717, 1.165) is 16.5 Å². The Morgan fingerprint density at radius 1 is 1.29 bits per heavy atom. The zero-order valence-corrected chi connectivity index (χ0v) is 12.5. The number of fused-ring (bicyclic) bond motifs is 1. The number of nitrogens with one attached hydrogen (secondary N) is 1. The van der Waals surface area contributed by atoms with Crippen LogP contribution in [0, 0.1) is 6.92 Å². The smallest absolute Gasteiger partial charge is 0.273 e. The van der Waals surface area contributed by atoms with Crippen LogP contribution in [-0.4, -0.2) is 15.5 Å². The summed E-state index contributed by atoms with van der Waals surface area (Å²) in [5.74, 6) is 0.322. The molecule has 2 aromatic heterocycles. The van der Waals surface area contributed by atoms with Crippen LogP contribution in [0.25, 0.3) is 10.9 Å². The predicted molar refractivity (Wildman–Crippen MR) is 84.9 cm³/mol. The van der Waals surface area contributed by atoms with Crippen LogP contribution in [0.15, 0.2) is 42.6 Å². The lowest BCUT2D eigenvalue weighted by Gasteiger charge is -2.06. The Balaban J connectivity index is 1.96. The van der Waals surface area contributed by atoms with Gasteiger partial charge in [-0.3, -0.25) is 4.79 Å². The fraction of sp³-hybridized carbons (Fsp3) is 0.125. The molecule has 21 heavy (non-hydrogen) atoms. The maximum absolute atomic E-state index is 12.4. The Morgan fingerprint density at radius 2 is 2.10 bits per heavy atom. The van der Waals surface area contributed by atoms with Gasteiger partial charge in [-0.15, -0.1) is 0 Å². The lowest BCUT2D eigenvalue weighted by Crippen LogP contribution is -2.16. The number of carbonyl (C=O) groups excluding carboxylic acids is 1. The molecular weight excluding hydrogens is 286 g/mol. The van der Waals surface area contributed by atoms with Gasteiger partial charge in [-0.1, -0.05) is 23.7 Å². The summed E-state index contributed by atoms with van der Waals surface area (Å²) in [4.78, 5) is 16.6. The first-order valence-corrected chi connectivity index (χ1v) is 6.92. The topological polar surface area (TPSA) is 46.9 Å². The van der Waals surface area contributed by atoms with Gasteiger partial charge in [0, 0.05) is 29.2 Å². The maximum atomic E-state index is 12.4. The van der Waals surface area contributed by atoms with Crippen LogP contribution in [0.4, 0.5) is 5.82 Å². The number of hydrogen-bond acceptors (Lipinski definition) is 2. The van der Waals surface area contributed by atoms with Gasteiger partial charge >= 0.3 is 0 Å². The Hall–Kier alpha value is -2.33. The van der Waals surface area contributed by atoms with Crippen molar-refractivity contribution in [2.24, 2.45) is 7.05 Å². The van der Waals surface area contributed by atoms with Crippen LogP contribution in [-0.2, 0) is 7.05 Å². The highest BCUT2D eigenvalue weighted by Crippen LogP contribution is 2.26. The second-order valence-electron chi connectivity index (χ2n) is 4.94. The zero-order valence-electron chi connectivity index (χ0n) is 11.7. The van der Waals surface area contributed by atoms with E-state index in [2.05, 4.69) is 10.3 Å². The van der Waals surface area contributed by atoms with Gasteiger partial charge in [0.2, 0.25) is 0 Å². The number of anilines is 1. The minimum atomic E-state index is -0.207. The summed E-state index contributed by atoms with van der Waals surface area (Å²) in [7, 11) is 1.84. The number of rotatable bonds is 2. The normalized spacial score (nSPS) is 10.8. The highest BCUT2D eigenvalue weighted by atomic mass is 35.5. The molecule has 2 heterocycles. The number of aryl methyl sites for hydroxylation is 2. The predicted octanol–water partition coefficient (Wildman–Crippen LogP) is 3.79. The molecule has 0 aliphatic rings. The van der Waals surface area contributed by atoms with E-state index in [4.69, 9.17) is 11.6 Å². The number of hydrogen-bond donors (Lipinski definition) is 1. The molecule has 0 radical (unpaired) electrons. The van der Waals surface area contributed by atoms with Crippen LogP contribution in [0.5, 0.6) is 0 Å². The molecule has 1 N–H and O–H groups in total.